The summed E-state index contributed by atoms with van der Waals surface area (Å²) in [4.78, 5) is 12.7. The molecule has 0 spiro atoms. The number of fused-ring (bicyclic) bond motifs is 3. The molecule has 3 fully saturated rings. The molecule has 0 amide bonds. The van der Waals surface area contributed by atoms with E-state index in [1.807, 2.05) is 0 Å². The molecule has 186 valence electrons. The van der Waals surface area contributed by atoms with Crippen LogP contribution in [0, 0.1) is 67.5 Å². The molecule has 4 atom stereocenters. The summed E-state index contributed by atoms with van der Waals surface area (Å²) in [5, 5.41) is 0. The van der Waals surface area contributed by atoms with Gasteiger partial charge in [-0.2, -0.15) is 0 Å². The van der Waals surface area contributed by atoms with Crippen LogP contribution in [0.3, 0.4) is 0 Å². The van der Waals surface area contributed by atoms with Gasteiger partial charge in [-0.05, 0) is 67.8 Å². The average molecular weight is 518 g/mol. The molecule has 1 aromatic carbocycles. The van der Waals surface area contributed by atoms with Crippen LogP contribution in [0.1, 0.15) is 57.4 Å². The van der Waals surface area contributed by atoms with Crippen molar-refractivity contribution in [3.63, 3.8) is 0 Å². The van der Waals surface area contributed by atoms with Gasteiger partial charge in [0, 0.05) is 36.5 Å². The minimum atomic E-state index is -0.405. The van der Waals surface area contributed by atoms with E-state index in [0.717, 1.165) is 38.2 Å². The smallest absolute Gasteiger partial charge is 0 e. The summed E-state index contributed by atoms with van der Waals surface area (Å²) < 4.78 is 33.6. The van der Waals surface area contributed by atoms with Gasteiger partial charge in [-0.15, -0.1) is 0 Å². The molecule has 3 saturated carbocycles. The van der Waals surface area contributed by atoms with Gasteiger partial charge in [0.25, 0.3) is 0 Å². The second kappa shape index (κ2) is 15.5. The van der Waals surface area contributed by atoms with Crippen LogP contribution in [0.2, 0.25) is 0 Å². The maximum absolute atomic E-state index is 12.7. The number of rotatable bonds is 3. The normalized spacial score (nSPS) is 29.9. The number of carbonyl (C=O) groups excluding carboxylic acids is 1. The van der Waals surface area contributed by atoms with E-state index in [1.54, 1.807) is 7.11 Å². The molecule has 0 N–H and O–H groups in total. The SMILES string of the molecule is CO[C]1[CH][C]2[C]([CH]C1c1ccccc1)CCC1[C@]2(C)CCC[C@]1(C)C(=O)OC.[C-]#[O+].[C-]#[O+].[C-]#[O+].[Mn]. The van der Waals surface area contributed by atoms with E-state index in [9.17, 15) is 4.79 Å². The first-order valence-electron chi connectivity index (χ1n) is 11.0. The second-order valence-corrected chi connectivity index (χ2v) is 9.02. The summed E-state index contributed by atoms with van der Waals surface area (Å²) in [5.74, 6) is 3.23. The Bertz CT molecular complexity index is 823. The number of methoxy groups -OCH3 is 2. The van der Waals surface area contributed by atoms with Crippen molar-refractivity contribution in [1.82, 2.24) is 0 Å². The predicted octanol–water partition coefficient (Wildman–Crippen LogP) is 5.18. The van der Waals surface area contributed by atoms with Crippen molar-refractivity contribution in [2.24, 2.45) is 16.7 Å². The maximum atomic E-state index is 12.7. The molecular weight excluding hydrogens is 487 g/mol. The number of benzene rings is 1. The second-order valence-electron chi connectivity index (χ2n) is 9.02. The van der Waals surface area contributed by atoms with Crippen molar-refractivity contribution in [3.8, 4) is 0 Å². The minimum absolute atomic E-state index is 0. The van der Waals surface area contributed by atoms with E-state index in [4.69, 9.17) is 23.4 Å². The van der Waals surface area contributed by atoms with Gasteiger partial charge < -0.3 is 9.47 Å². The molecule has 0 aliphatic heterocycles. The van der Waals surface area contributed by atoms with E-state index in [1.165, 1.54) is 24.5 Å². The zero-order valence-corrected chi connectivity index (χ0v) is 21.7. The molecule has 0 heterocycles. The average Bonchev–Trinajstić information content (AvgIpc) is 2.91. The monoisotopic (exact) mass is 518 g/mol. The Balaban J connectivity index is 0.00000154. The number of ether oxygens (including phenoxy) is 2. The molecule has 1 aromatic rings. The van der Waals surface area contributed by atoms with Crippen LogP contribution in [0.15, 0.2) is 30.3 Å². The number of esters is 1. The fraction of sp³-hybridized carbons (Fsp3) is 0.464. The molecule has 4 rings (SSSR count). The van der Waals surface area contributed by atoms with Crippen molar-refractivity contribution in [2.75, 3.05) is 14.2 Å². The Kier molecular flexibility index (Phi) is 14.8. The molecule has 0 aromatic heterocycles. The summed E-state index contributed by atoms with van der Waals surface area (Å²) >= 11 is 0. The Morgan fingerprint density at radius 3 is 2.14 bits per heavy atom. The Hall–Kier alpha value is -1.61. The molecule has 35 heavy (non-hydrogen) atoms. The summed E-state index contributed by atoms with van der Waals surface area (Å²) in [6.45, 7) is 18.0. The fourth-order valence-corrected chi connectivity index (χ4v) is 6.17. The largest absolute Gasteiger partial charge is 0 e. The molecule has 7 heteroatoms. The van der Waals surface area contributed by atoms with Gasteiger partial charge in [-0.3, -0.25) is 4.79 Å². The van der Waals surface area contributed by atoms with Crippen LogP contribution in [0.25, 0.3) is 0 Å². The summed E-state index contributed by atoms with van der Waals surface area (Å²) in [7, 11) is 3.29. The van der Waals surface area contributed by atoms with Crippen molar-refractivity contribution in [2.45, 2.75) is 51.9 Å². The summed E-state index contributed by atoms with van der Waals surface area (Å²) in [5.41, 5.74) is 0.839. The van der Waals surface area contributed by atoms with Crippen molar-refractivity contribution in [1.29, 1.82) is 0 Å². The van der Waals surface area contributed by atoms with Crippen LogP contribution in [-0.4, -0.2) is 20.2 Å². The van der Waals surface area contributed by atoms with Crippen molar-refractivity contribution < 1.29 is 45.3 Å². The van der Waals surface area contributed by atoms with Gasteiger partial charge in [0.1, 0.15) is 6.10 Å². The standard InChI is InChI=1S/C25H31O3.3CO.Mn/c1-24-13-8-14-25(2,23(26)28-4)22(24)12-11-18-15-19(17-9-6-5-7-10-17)21(27-3)16-20(18)24;3*1-2;/h5-7,9-10,15-16,19,22H,8,11-14H2,1-4H3;;;;/t19?,22?,24-,25+;;;;/m1..../s1. The number of carbonyl (C=O) groups is 1. The first kappa shape index (κ1) is 33.4. The third-order valence-corrected chi connectivity index (χ3v) is 7.60. The zero-order valence-electron chi connectivity index (χ0n) is 20.6. The third kappa shape index (κ3) is 6.59. The molecule has 6 nitrogen and oxygen atoms in total. The van der Waals surface area contributed by atoms with Crippen LogP contribution < -0.4 is 0 Å². The third-order valence-electron chi connectivity index (χ3n) is 7.60. The molecular formula is C28H31MnO6. The Morgan fingerprint density at radius 2 is 1.60 bits per heavy atom. The van der Waals surface area contributed by atoms with Crippen molar-refractivity contribution >= 4 is 5.97 Å². The quantitative estimate of drug-likeness (QED) is 0.239. The van der Waals surface area contributed by atoms with Gasteiger partial charge in [0.05, 0.1) is 12.5 Å². The van der Waals surface area contributed by atoms with Crippen molar-refractivity contribution in [3.05, 3.63) is 86.6 Å². The summed E-state index contributed by atoms with van der Waals surface area (Å²) in [6.07, 6.45) is 10.8. The van der Waals surface area contributed by atoms with Gasteiger partial charge in [-0.1, -0.05) is 43.7 Å². The van der Waals surface area contributed by atoms with Gasteiger partial charge in [-0.25, -0.2) is 0 Å². The molecule has 3 aliphatic rings. The number of hydrogen-bond donors (Lipinski definition) is 0. The van der Waals surface area contributed by atoms with E-state index < -0.39 is 5.41 Å². The predicted molar refractivity (Wildman–Crippen MR) is 121 cm³/mol. The van der Waals surface area contributed by atoms with Crippen LogP contribution in [-0.2, 0) is 45.3 Å². The number of hydrogen-bond acceptors (Lipinski definition) is 3. The molecule has 0 bridgehead atoms. The van der Waals surface area contributed by atoms with Gasteiger partial charge in [0.2, 0.25) is 0 Å². The zero-order chi connectivity index (χ0) is 25.9. The summed E-state index contributed by atoms with van der Waals surface area (Å²) in [6, 6.07) is 10.6. The van der Waals surface area contributed by atoms with E-state index >= 15 is 0 Å². The first-order valence-corrected chi connectivity index (χ1v) is 11.0. The van der Waals surface area contributed by atoms with Crippen LogP contribution >= 0.6 is 0 Å². The van der Waals surface area contributed by atoms with E-state index in [0.29, 0.717) is 5.92 Å². The van der Waals surface area contributed by atoms with Gasteiger partial charge in [0.15, 0.2) is 0 Å². The van der Waals surface area contributed by atoms with Gasteiger partial charge >= 0.3 is 39.9 Å². The molecule has 0 saturated heterocycles. The molecule has 3 aliphatic carbocycles. The Morgan fingerprint density at radius 1 is 1.00 bits per heavy atom. The molecule has 6 radical (unpaired) electrons. The first-order chi connectivity index (χ1) is 16.4. The molecule has 2 unspecified atom stereocenters. The van der Waals surface area contributed by atoms with E-state index in [2.05, 4.69) is 77.0 Å². The fourth-order valence-electron chi connectivity index (χ4n) is 6.17. The maximum Gasteiger partial charge on any atom is 0 e. The van der Waals surface area contributed by atoms with E-state index in [-0.39, 0.29) is 34.4 Å². The minimum Gasteiger partial charge on any atom is 0 e. The topological polar surface area (TPSA) is 95.2 Å². The van der Waals surface area contributed by atoms with Crippen LogP contribution in [0.4, 0.5) is 0 Å². The van der Waals surface area contributed by atoms with Crippen LogP contribution in [0.5, 0.6) is 0 Å². The Labute approximate surface area is 220 Å².